The van der Waals surface area contributed by atoms with Crippen LogP contribution in [-0.2, 0) is 14.6 Å². The van der Waals surface area contributed by atoms with Gasteiger partial charge in [0.1, 0.15) is 5.75 Å². The van der Waals surface area contributed by atoms with Crippen molar-refractivity contribution >= 4 is 66.4 Å². The molecular weight excluding hydrogens is 541 g/mol. The Hall–Kier alpha value is -1.91. The molecule has 11 heteroatoms. The molecule has 0 atom stereocenters. The van der Waals surface area contributed by atoms with E-state index in [9.17, 15) is 13.2 Å². The fourth-order valence-corrected chi connectivity index (χ4v) is 6.59. The van der Waals surface area contributed by atoms with Gasteiger partial charge in [0.15, 0.2) is 15.0 Å². The van der Waals surface area contributed by atoms with Gasteiger partial charge in [0.2, 0.25) is 5.91 Å². The standard InChI is InChI=1S/C25H32ClN3O4S2.ClH/c1-5-28(6-2)13-14-29(25-27-24-18(3)16-19(26)17-22(24)34-25)23(30)8-7-15-35(31,32)21-11-9-20(33-4)10-12-21;/h9-12,16-17H,5-8,13-15H2,1-4H3;1H. The summed E-state index contributed by atoms with van der Waals surface area (Å²) in [4.78, 5) is 22.2. The van der Waals surface area contributed by atoms with Gasteiger partial charge in [-0.1, -0.05) is 36.8 Å². The number of nitrogens with zero attached hydrogens (tertiary/aromatic N) is 3. The van der Waals surface area contributed by atoms with Gasteiger partial charge < -0.3 is 9.64 Å². The van der Waals surface area contributed by atoms with E-state index in [1.54, 1.807) is 17.0 Å². The predicted molar refractivity (Wildman–Crippen MR) is 151 cm³/mol. The van der Waals surface area contributed by atoms with E-state index in [1.807, 2.05) is 19.1 Å². The third kappa shape index (κ3) is 7.55. The van der Waals surface area contributed by atoms with Gasteiger partial charge in [-0.15, -0.1) is 12.4 Å². The van der Waals surface area contributed by atoms with Crippen molar-refractivity contribution in [3.63, 3.8) is 0 Å². The molecule has 0 saturated carbocycles. The summed E-state index contributed by atoms with van der Waals surface area (Å²) in [7, 11) is -1.97. The number of likely N-dealkylation sites (N-methyl/N-ethyl adjacent to an activating group) is 1. The number of ether oxygens (including phenoxy) is 1. The molecule has 7 nitrogen and oxygen atoms in total. The Labute approximate surface area is 228 Å². The second-order valence-electron chi connectivity index (χ2n) is 8.24. The number of methoxy groups -OCH3 is 1. The topological polar surface area (TPSA) is 79.8 Å². The van der Waals surface area contributed by atoms with Gasteiger partial charge in [0.25, 0.3) is 0 Å². The van der Waals surface area contributed by atoms with Crippen LogP contribution in [0.5, 0.6) is 5.75 Å². The predicted octanol–water partition coefficient (Wildman–Crippen LogP) is 5.62. The Morgan fingerprint density at radius 3 is 2.39 bits per heavy atom. The first kappa shape index (κ1) is 30.3. The highest BCUT2D eigenvalue weighted by atomic mass is 35.5. The number of halogens is 2. The molecule has 0 unspecified atom stereocenters. The van der Waals surface area contributed by atoms with Gasteiger partial charge in [-0.2, -0.15) is 0 Å². The summed E-state index contributed by atoms with van der Waals surface area (Å²) in [6.07, 6.45) is 0.341. The largest absolute Gasteiger partial charge is 0.497 e. The van der Waals surface area contributed by atoms with Crippen molar-refractivity contribution < 1.29 is 17.9 Å². The third-order valence-electron chi connectivity index (χ3n) is 5.93. The van der Waals surface area contributed by atoms with Gasteiger partial charge in [-0.25, -0.2) is 13.4 Å². The molecule has 0 saturated heterocycles. The first-order valence-corrected chi connectivity index (χ1v) is 14.5. The maximum Gasteiger partial charge on any atom is 0.228 e. The lowest BCUT2D eigenvalue weighted by Crippen LogP contribution is -2.38. The number of anilines is 1. The number of benzene rings is 2. The Bertz CT molecular complexity index is 1260. The number of hydrogen-bond acceptors (Lipinski definition) is 7. The summed E-state index contributed by atoms with van der Waals surface area (Å²) in [6.45, 7) is 9.08. The number of aromatic nitrogens is 1. The number of hydrogen-bond donors (Lipinski definition) is 0. The highest BCUT2D eigenvalue weighted by Gasteiger charge is 2.22. The highest BCUT2D eigenvalue weighted by Crippen LogP contribution is 2.33. The summed E-state index contributed by atoms with van der Waals surface area (Å²) in [6, 6.07) is 10.0. The van der Waals surface area contributed by atoms with E-state index < -0.39 is 9.84 Å². The molecule has 1 amide bonds. The van der Waals surface area contributed by atoms with Gasteiger partial charge in [0, 0.05) is 24.5 Å². The minimum Gasteiger partial charge on any atom is -0.497 e. The molecule has 3 aromatic rings. The number of carbonyl (C=O) groups is 1. The van der Waals surface area contributed by atoms with Crippen molar-refractivity contribution in [2.45, 2.75) is 38.5 Å². The molecule has 1 heterocycles. The molecule has 0 fully saturated rings. The van der Waals surface area contributed by atoms with Crippen LogP contribution in [0, 0.1) is 6.92 Å². The molecule has 0 aliphatic heterocycles. The van der Waals surface area contributed by atoms with E-state index in [2.05, 4.69) is 18.7 Å². The number of carbonyl (C=O) groups excluding carboxylic acids is 1. The van der Waals surface area contributed by atoms with Crippen molar-refractivity contribution in [3.05, 3.63) is 47.0 Å². The number of fused-ring (bicyclic) bond motifs is 1. The summed E-state index contributed by atoms with van der Waals surface area (Å²) in [5.74, 6) is 0.351. The average Bonchev–Trinajstić information content (AvgIpc) is 3.25. The molecule has 0 N–H and O–H groups in total. The van der Waals surface area contributed by atoms with Crippen LogP contribution in [0.1, 0.15) is 32.3 Å². The van der Waals surface area contributed by atoms with Crippen LogP contribution in [0.2, 0.25) is 5.02 Å². The minimum absolute atomic E-state index is 0. The van der Waals surface area contributed by atoms with E-state index in [0.717, 1.165) is 28.9 Å². The number of rotatable bonds is 12. The van der Waals surface area contributed by atoms with Crippen molar-refractivity contribution in [1.29, 1.82) is 0 Å². The molecule has 0 bridgehead atoms. The quantitative estimate of drug-likeness (QED) is 0.280. The SMILES string of the molecule is CCN(CC)CCN(C(=O)CCCS(=O)(=O)c1ccc(OC)cc1)c1nc2c(C)cc(Cl)cc2s1.Cl. The van der Waals surface area contributed by atoms with Crippen LogP contribution in [0.25, 0.3) is 10.2 Å². The number of amides is 1. The summed E-state index contributed by atoms with van der Waals surface area (Å²) in [5.41, 5.74) is 1.79. The maximum absolute atomic E-state index is 13.3. The van der Waals surface area contributed by atoms with Crippen molar-refractivity contribution in [1.82, 2.24) is 9.88 Å². The van der Waals surface area contributed by atoms with E-state index in [1.165, 1.54) is 30.6 Å². The normalized spacial score (nSPS) is 11.5. The number of sulfone groups is 1. The van der Waals surface area contributed by atoms with E-state index in [-0.39, 0.29) is 41.8 Å². The Morgan fingerprint density at radius 2 is 1.78 bits per heavy atom. The Morgan fingerprint density at radius 1 is 1.11 bits per heavy atom. The maximum atomic E-state index is 13.3. The van der Waals surface area contributed by atoms with Crippen LogP contribution >= 0.6 is 35.3 Å². The zero-order valence-corrected chi connectivity index (χ0v) is 24.2. The lowest BCUT2D eigenvalue weighted by molar-refractivity contribution is -0.118. The molecule has 0 aliphatic rings. The van der Waals surface area contributed by atoms with Gasteiger partial charge in [-0.05, 0) is 68.4 Å². The van der Waals surface area contributed by atoms with E-state index >= 15 is 0 Å². The first-order chi connectivity index (χ1) is 16.7. The molecule has 0 aliphatic carbocycles. The van der Waals surface area contributed by atoms with Gasteiger partial charge in [-0.3, -0.25) is 9.69 Å². The number of aryl methyl sites for hydroxylation is 1. The van der Waals surface area contributed by atoms with E-state index in [4.69, 9.17) is 21.3 Å². The van der Waals surface area contributed by atoms with E-state index in [0.29, 0.717) is 29.0 Å². The number of thiazole rings is 1. The van der Waals surface area contributed by atoms with Crippen molar-refractivity contribution in [2.24, 2.45) is 0 Å². The fourth-order valence-electron chi connectivity index (χ4n) is 3.82. The highest BCUT2D eigenvalue weighted by molar-refractivity contribution is 7.91. The average molecular weight is 575 g/mol. The lowest BCUT2D eigenvalue weighted by atomic mass is 10.2. The minimum atomic E-state index is -3.50. The van der Waals surface area contributed by atoms with Crippen LogP contribution < -0.4 is 9.64 Å². The summed E-state index contributed by atoms with van der Waals surface area (Å²) >= 11 is 7.65. The lowest BCUT2D eigenvalue weighted by Gasteiger charge is -2.24. The van der Waals surface area contributed by atoms with Crippen molar-refractivity contribution in [3.8, 4) is 5.75 Å². The van der Waals surface area contributed by atoms with Crippen LogP contribution in [0.3, 0.4) is 0 Å². The molecule has 0 radical (unpaired) electrons. The molecule has 2 aromatic carbocycles. The second-order valence-corrected chi connectivity index (χ2v) is 11.8. The van der Waals surface area contributed by atoms with Crippen LogP contribution in [0.15, 0.2) is 41.3 Å². The molecule has 3 rings (SSSR count). The fraction of sp³-hybridized carbons (Fsp3) is 0.440. The van der Waals surface area contributed by atoms with Crippen molar-refractivity contribution in [2.75, 3.05) is 43.9 Å². The van der Waals surface area contributed by atoms with Gasteiger partial charge >= 0.3 is 0 Å². The van der Waals surface area contributed by atoms with Crippen LogP contribution in [-0.4, -0.2) is 63.3 Å². The third-order valence-corrected chi connectivity index (χ3v) is 8.99. The summed E-state index contributed by atoms with van der Waals surface area (Å²) < 4.78 is 31.5. The van der Waals surface area contributed by atoms with Crippen LogP contribution in [0.4, 0.5) is 5.13 Å². The first-order valence-electron chi connectivity index (χ1n) is 11.6. The second kappa shape index (κ2) is 13.6. The zero-order chi connectivity index (χ0) is 25.6. The Kier molecular flexibility index (Phi) is 11.4. The molecule has 36 heavy (non-hydrogen) atoms. The molecule has 1 aromatic heterocycles. The monoisotopic (exact) mass is 573 g/mol. The molecule has 198 valence electrons. The molecular formula is C25H33Cl2N3O4S2. The van der Waals surface area contributed by atoms with Gasteiger partial charge in [0.05, 0.1) is 28.0 Å². The smallest absolute Gasteiger partial charge is 0.228 e. The summed E-state index contributed by atoms with van der Waals surface area (Å²) in [5, 5.41) is 1.25. The molecule has 0 spiro atoms. The zero-order valence-electron chi connectivity index (χ0n) is 21.0. The Balaban J connectivity index is 0.00000456.